The summed E-state index contributed by atoms with van der Waals surface area (Å²) in [6.07, 6.45) is 1.85. The van der Waals surface area contributed by atoms with E-state index in [2.05, 4.69) is 29.4 Å². The highest BCUT2D eigenvalue weighted by Crippen LogP contribution is 2.53. The van der Waals surface area contributed by atoms with Gasteiger partial charge >= 0.3 is 5.97 Å². The largest absolute Gasteiger partial charge is 0.481 e. The van der Waals surface area contributed by atoms with Crippen LogP contribution in [-0.4, -0.2) is 53.1 Å². The molecule has 3 N–H and O–H groups in total. The third-order valence-electron chi connectivity index (χ3n) is 7.18. The standard InChI is InChI=1S/C23H33N3O3/c1-15(2)13-26-14-18-10-17-12-25-23(18,21(26)19(17)8-9-20(27)28)22(29)24-11-16-6-4-3-5-7-16/h3-7,15,17-19,21,25H,8-14H2,1-2H3,(H,24,29)(H,27,28). The van der Waals surface area contributed by atoms with E-state index in [9.17, 15) is 14.7 Å². The third-order valence-corrected chi connectivity index (χ3v) is 7.18. The minimum Gasteiger partial charge on any atom is -0.481 e. The van der Waals surface area contributed by atoms with Crippen LogP contribution in [0.1, 0.15) is 38.7 Å². The van der Waals surface area contributed by atoms with Crippen molar-refractivity contribution in [2.24, 2.45) is 23.7 Å². The fourth-order valence-electron chi connectivity index (χ4n) is 6.19. The molecule has 4 bridgehead atoms. The molecule has 1 aliphatic carbocycles. The number of amides is 1. The number of fused-ring (bicyclic) bond motifs is 1. The first-order valence-electron chi connectivity index (χ1n) is 10.9. The average molecular weight is 400 g/mol. The second-order valence-corrected chi connectivity index (χ2v) is 9.50. The summed E-state index contributed by atoms with van der Waals surface area (Å²) < 4.78 is 0. The fourth-order valence-corrected chi connectivity index (χ4v) is 6.19. The number of carbonyl (C=O) groups is 2. The number of hydrogen-bond acceptors (Lipinski definition) is 4. The Balaban J connectivity index is 1.59. The van der Waals surface area contributed by atoms with Gasteiger partial charge in [0.1, 0.15) is 5.54 Å². The van der Waals surface area contributed by atoms with Crippen molar-refractivity contribution in [2.75, 3.05) is 19.6 Å². The van der Waals surface area contributed by atoms with Gasteiger partial charge in [-0.2, -0.15) is 0 Å². The van der Waals surface area contributed by atoms with Crippen molar-refractivity contribution in [3.63, 3.8) is 0 Å². The number of nitrogens with one attached hydrogen (secondary N) is 2. The van der Waals surface area contributed by atoms with Gasteiger partial charge in [-0.25, -0.2) is 0 Å². The molecule has 4 fully saturated rings. The molecule has 1 amide bonds. The van der Waals surface area contributed by atoms with Crippen molar-refractivity contribution in [3.8, 4) is 0 Å². The van der Waals surface area contributed by atoms with Gasteiger partial charge in [0.15, 0.2) is 0 Å². The third kappa shape index (κ3) is 3.68. The summed E-state index contributed by atoms with van der Waals surface area (Å²) in [6, 6.07) is 10.1. The van der Waals surface area contributed by atoms with Crippen molar-refractivity contribution >= 4 is 11.9 Å². The van der Waals surface area contributed by atoms with E-state index in [1.54, 1.807) is 0 Å². The zero-order chi connectivity index (χ0) is 20.6. The van der Waals surface area contributed by atoms with E-state index < -0.39 is 11.5 Å². The molecule has 4 aliphatic rings. The van der Waals surface area contributed by atoms with E-state index >= 15 is 0 Å². The topological polar surface area (TPSA) is 81.7 Å². The number of carbonyl (C=O) groups excluding carboxylic acids is 1. The molecule has 0 aromatic heterocycles. The summed E-state index contributed by atoms with van der Waals surface area (Å²) in [5.74, 6) is 0.866. The van der Waals surface area contributed by atoms with Crippen molar-refractivity contribution in [3.05, 3.63) is 35.9 Å². The Labute approximate surface area is 173 Å². The first-order valence-corrected chi connectivity index (χ1v) is 10.9. The van der Waals surface area contributed by atoms with Crippen LogP contribution in [0.3, 0.4) is 0 Å². The first kappa shape index (κ1) is 20.4. The maximum Gasteiger partial charge on any atom is 0.303 e. The highest BCUT2D eigenvalue weighted by atomic mass is 16.4. The molecule has 3 saturated heterocycles. The quantitative estimate of drug-likeness (QED) is 0.624. The van der Waals surface area contributed by atoms with Crippen molar-refractivity contribution in [1.29, 1.82) is 0 Å². The van der Waals surface area contributed by atoms with Crippen LogP contribution < -0.4 is 10.6 Å². The summed E-state index contributed by atoms with van der Waals surface area (Å²) in [6.45, 7) is 7.63. The Kier molecular flexibility index (Phi) is 5.67. The van der Waals surface area contributed by atoms with E-state index in [4.69, 9.17) is 0 Å². The molecule has 5 atom stereocenters. The molecule has 5 rings (SSSR count). The van der Waals surface area contributed by atoms with E-state index in [1.807, 2.05) is 30.3 Å². The molecular weight excluding hydrogens is 366 g/mol. The Morgan fingerprint density at radius 1 is 1.31 bits per heavy atom. The van der Waals surface area contributed by atoms with Crippen molar-refractivity contribution < 1.29 is 14.7 Å². The molecule has 0 radical (unpaired) electrons. The van der Waals surface area contributed by atoms with Gasteiger partial charge in [0.05, 0.1) is 0 Å². The molecule has 3 heterocycles. The van der Waals surface area contributed by atoms with Gasteiger partial charge in [-0.05, 0) is 42.7 Å². The maximum absolute atomic E-state index is 13.6. The molecule has 1 saturated carbocycles. The number of carboxylic acid groups (broad SMARTS) is 1. The van der Waals surface area contributed by atoms with Gasteiger partial charge < -0.3 is 15.7 Å². The van der Waals surface area contributed by atoms with Crippen LogP contribution in [0.15, 0.2) is 30.3 Å². The van der Waals surface area contributed by atoms with Crippen LogP contribution in [0.25, 0.3) is 0 Å². The van der Waals surface area contributed by atoms with Crippen LogP contribution in [0.4, 0.5) is 0 Å². The van der Waals surface area contributed by atoms with Crippen molar-refractivity contribution in [2.45, 2.75) is 51.2 Å². The molecule has 6 nitrogen and oxygen atoms in total. The zero-order valence-electron chi connectivity index (χ0n) is 17.4. The lowest BCUT2D eigenvalue weighted by Gasteiger charge is -2.56. The molecular formula is C23H33N3O3. The lowest BCUT2D eigenvalue weighted by molar-refractivity contribution is -0.140. The predicted molar refractivity (Wildman–Crippen MR) is 111 cm³/mol. The Morgan fingerprint density at radius 2 is 2.07 bits per heavy atom. The molecule has 6 heteroatoms. The molecule has 1 aromatic rings. The monoisotopic (exact) mass is 399 g/mol. The van der Waals surface area contributed by atoms with Gasteiger partial charge in [-0.15, -0.1) is 0 Å². The smallest absolute Gasteiger partial charge is 0.303 e. The molecule has 0 spiro atoms. The van der Waals surface area contributed by atoms with E-state index in [0.29, 0.717) is 30.7 Å². The number of nitrogens with zero attached hydrogens (tertiary/aromatic N) is 1. The van der Waals surface area contributed by atoms with Crippen LogP contribution in [0.2, 0.25) is 0 Å². The van der Waals surface area contributed by atoms with Crippen LogP contribution in [-0.2, 0) is 16.1 Å². The van der Waals surface area contributed by atoms with E-state index in [1.165, 1.54) is 0 Å². The van der Waals surface area contributed by atoms with Gasteiger partial charge in [-0.3, -0.25) is 14.5 Å². The molecule has 3 aliphatic heterocycles. The molecule has 1 aromatic carbocycles. The van der Waals surface area contributed by atoms with Gasteiger partial charge in [0, 0.05) is 38.0 Å². The Morgan fingerprint density at radius 3 is 2.76 bits per heavy atom. The summed E-state index contributed by atoms with van der Waals surface area (Å²) in [7, 11) is 0. The second kappa shape index (κ2) is 8.07. The number of piperidine rings is 2. The number of benzene rings is 1. The maximum atomic E-state index is 13.6. The van der Waals surface area contributed by atoms with E-state index in [-0.39, 0.29) is 24.3 Å². The second-order valence-electron chi connectivity index (χ2n) is 9.50. The minimum atomic E-state index is -0.744. The van der Waals surface area contributed by atoms with Crippen LogP contribution >= 0.6 is 0 Å². The fraction of sp³-hybridized carbons (Fsp3) is 0.652. The number of aliphatic carboxylic acids is 1. The molecule has 158 valence electrons. The van der Waals surface area contributed by atoms with Gasteiger partial charge in [0.25, 0.3) is 0 Å². The zero-order valence-corrected chi connectivity index (χ0v) is 17.4. The molecule has 29 heavy (non-hydrogen) atoms. The van der Waals surface area contributed by atoms with Gasteiger partial charge in [-0.1, -0.05) is 44.2 Å². The van der Waals surface area contributed by atoms with Gasteiger partial charge in [0.2, 0.25) is 5.91 Å². The highest BCUT2D eigenvalue weighted by molar-refractivity contribution is 5.89. The van der Waals surface area contributed by atoms with Crippen LogP contribution in [0, 0.1) is 23.7 Å². The Hall–Kier alpha value is -1.92. The van der Waals surface area contributed by atoms with Crippen molar-refractivity contribution in [1.82, 2.24) is 15.5 Å². The average Bonchev–Trinajstić information content (AvgIpc) is 2.94. The number of hydrogen-bond donors (Lipinski definition) is 3. The normalized spacial score (nSPS) is 33.2. The first-order chi connectivity index (χ1) is 13.9. The lowest BCUT2D eigenvalue weighted by atomic mass is 9.58. The van der Waals surface area contributed by atoms with Crippen LogP contribution in [0.5, 0.6) is 0 Å². The summed E-state index contributed by atoms with van der Waals surface area (Å²) in [4.78, 5) is 27.4. The molecule has 5 unspecified atom stereocenters. The number of likely N-dealkylation sites (tertiary alicyclic amines) is 1. The SMILES string of the molecule is CC(C)CN1CC2CC3CNC2(C(=O)NCc2ccccc2)C1C3CCC(=O)O. The highest BCUT2D eigenvalue weighted by Gasteiger charge is 2.67. The predicted octanol–water partition coefficient (Wildman–Crippen LogP) is 2.10. The summed E-state index contributed by atoms with van der Waals surface area (Å²) in [5, 5.41) is 16.1. The number of rotatable bonds is 8. The minimum absolute atomic E-state index is 0.0810. The van der Waals surface area contributed by atoms with E-state index in [0.717, 1.165) is 31.6 Å². The summed E-state index contributed by atoms with van der Waals surface area (Å²) in [5.41, 5.74) is 0.497. The lowest BCUT2D eigenvalue weighted by Crippen LogP contribution is -2.76. The Bertz CT molecular complexity index is 753. The summed E-state index contributed by atoms with van der Waals surface area (Å²) >= 11 is 0. The number of carboxylic acids is 1.